The minimum Gasteiger partial charge on any atom is -0.325 e. The number of fused-ring (bicyclic) bond motifs is 3. The first kappa shape index (κ1) is 16.4. The van der Waals surface area contributed by atoms with Gasteiger partial charge in [0.2, 0.25) is 5.91 Å². The van der Waals surface area contributed by atoms with Gasteiger partial charge in [-0.3, -0.25) is 14.2 Å². The highest BCUT2D eigenvalue weighted by atomic mass is 32.1. The Morgan fingerprint density at radius 1 is 1.23 bits per heavy atom. The maximum atomic E-state index is 12.8. The first-order valence-electron chi connectivity index (χ1n) is 8.14. The van der Waals surface area contributed by atoms with Gasteiger partial charge >= 0.3 is 0 Å². The van der Waals surface area contributed by atoms with E-state index in [0.717, 1.165) is 21.5 Å². The first-order chi connectivity index (χ1) is 12.5. The number of carbonyl (C=O) groups is 1. The van der Waals surface area contributed by atoms with Gasteiger partial charge in [-0.15, -0.1) is 11.3 Å². The molecule has 3 heterocycles. The zero-order chi connectivity index (χ0) is 18.3. The van der Waals surface area contributed by atoms with E-state index in [1.165, 1.54) is 22.2 Å². The van der Waals surface area contributed by atoms with E-state index in [1.54, 1.807) is 12.1 Å². The number of para-hydroxylation sites is 1. The van der Waals surface area contributed by atoms with Crippen LogP contribution in [-0.2, 0) is 11.3 Å². The molecule has 4 rings (SSSR count). The second kappa shape index (κ2) is 6.34. The lowest BCUT2D eigenvalue weighted by Gasteiger charge is -2.07. The van der Waals surface area contributed by atoms with E-state index >= 15 is 0 Å². The van der Waals surface area contributed by atoms with Gasteiger partial charge in [-0.05, 0) is 37.6 Å². The molecule has 0 bridgehead atoms. The van der Waals surface area contributed by atoms with Crippen LogP contribution in [0.4, 0.5) is 5.69 Å². The van der Waals surface area contributed by atoms with E-state index in [2.05, 4.69) is 15.3 Å². The normalized spacial score (nSPS) is 11.2. The Bertz CT molecular complexity index is 1200. The van der Waals surface area contributed by atoms with Crippen LogP contribution in [-0.4, -0.2) is 20.4 Å². The summed E-state index contributed by atoms with van der Waals surface area (Å²) in [6.07, 6.45) is 1.43. The van der Waals surface area contributed by atoms with Gasteiger partial charge in [-0.25, -0.2) is 9.97 Å². The van der Waals surface area contributed by atoms with Crippen molar-refractivity contribution in [2.75, 3.05) is 5.32 Å². The van der Waals surface area contributed by atoms with E-state index in [-0.39, 0.29) is 18.0 Å². The number of rotatable bonds is 3. The molecule has 0 aliphatic rings. The number of amides is 1. The fourth-order valence-corrected chi connectivity index (χ4v) is 4.19. The summed E-state index contributed by atoms with van der Waals surface area (Å²) in [6, 6.07) is 11.1. The van der Waals surface area contributed by atoms with Gasteiger partial charge in [0.25, 0.3) is 5.56 Å². The van der Waals surface area contributed by atoms with Gasteiger partial charge in [-0.2, -0.15) is 0 Å². The number of thiophene rings is 1. The maximum absolute atomic E-state index is 12.8. The van der Waals surface area contributed by atoms with Crippen molar-refractivity contribution in [2.45, 2.75) is 20.4 Å². The highest BCUT2D eigenvalue weighted by molar-refractivity contribution is 7.25. The SMILES string of the molecule is Cc1cc(C)c2c(n1)sc1c(=O)n(CC(=O)Nc3ccccc3)cnc12. The molecule has 26 heavy (non-hydrogen) atoms. The van der Waals surface area contributed by atoms with Crippen LogP contribution < -0.4 is 10.9 Å². The van der Waals surface area contributed by atoms with Crippen molar-refractivity contribution >= 4 is 43.4 Å². The monoisotopic (exact) mass is 364 g/mol. The third kappa shape index (κ3) is 2.86. The summed E-state index contributed by atoms with van der Waals surface area (Å²) in [5.74, 6) is -0.272. The first-order valence-corrected chi connectivity index (χ1v) is 8.95. The Kier molecular flexibility index (Phi) is 4.00. The van der Waals surface area contributed by atoms with Crippen molar-refractivity contribution in [3.63, 3.8) is 0 Å². The molecule has 4 aromatic rings. The molecule has 0 unspecified atom stereocenters. The minimum absolute atomic E-state index is 0.0870. The van der Waals surface area contributed by atoms with Gasteiger partial charge in [0.1, 0.15) is 16.1 Å². The highest BCUT2D eigenvalue weighted by Gasteiger charge is 2.16. The number of aryl methyl sites for hydroxylation is 2. The maximum Gasteiger partial charge on any atom is 0.271 e. The molecular formula is C19H16N4O2S. The molecule has 0 aliphatic carbocycles. The van der Waals surface area contributed by atoms with Crippen molar-refractivity contribution in [3.05, 3.63) is 64.3 Å². The fraction of sp³-hybridized carbons (Fsp3) is 0.158. The largest absolute Gasteiger partial charge is 0.325 e. The van der Waals surface area contributed by atoms with E-state index in [1.807, 2.05) is 38.1 Å². The van der Waals surface area contributed by atoms with Crippen molar-refractivity contribution in [3.8, 4) is 0 Å². The molecule has 1 N–H and O–H groups in total. The van der Waals surface area contributed by atoms with Gasteiger partial charge in [0.15, 0.2) is 0 Å². The number of benzene rings is 1. The molecule has 0 spiro atoms. The minimum atomic E-state index is -0.272. The summed E-state index contributed by atoms with van der Waals surface area (Å²) in [5, 5.41) is 3.68. The van der Waals surface area contributed by atoms with Crippen LogP contribution in [0.3, 0.4) is 0 Å². The van der Waals surface area contributed by atoms with E-state index in [9.17, 15) is 9.59 Å². The molecule has 130 valence electrons. The molecular weight excluding hydrogens is 348 g/mol. The third-order valence-corrected chi connectivity index (χ3v) is 5.18. The number of nitrogens with zero attached hydrogens (tertiary/aromatic N) is 3. The Morgan fingerprint density at radius 2 is 2.00 bits per heavy atom. The van der Waals surface area contributed by atoms with Crippen LogP contribution >= 0.6 is 11.3 Å². The van der Waals surface area contributed by atoms with Gasteiger partial charge < -0.3 is 5.32 Å². The van der Waals surface area contributed by atoms with Crippen molar-refractivity contribution < 1.29 is 4.79 Å². The lowest BCUT2D eigenvalue weighted by atomic mass is 10.1. The number of carbonyl (C=O) groups excluding carboxylic acids is 1. The molecule has 3 aromatic heterocycles. The average Bonchev–Trinajstić information content (AvgIpc) is 2.97. The molecule has 0 fully saturated rings. The Morgan fingerprint density at radius 3 is 2.77 bits per heavy atom. The van der Waals surface area contributed by atoms with Crippen LogP contribution in [0.5, 0.6) is 0 Å². The predicted molar refractivity (Wildman–Crippen MR) is 104 cm³/mol. The van der Waals surface area contributed by atoms with E-state index < -0.39 is 0 Å². The zero-order valence-corrected chi connectivity index (χ0v) is 15.1. The van der Waals surface area contributed by atoms with Crippen LogP contribution in [0.2, 0.25) is 0 Å². The Balaban J connectivity index is 1.72. The third-order valence-electron chi connectivity index (χ3n) is 4.11. The lowest BCUT2D eigenvalue weighted by molar-refractivity contribution is -0.116. The van der Waals surface area contributed by atoms with Crippen LogP contribution in [0.25, 0.3) is 20.4 Å². The van der Waals surface area contributed by atoms with Crippen molar-refractivity contribution in [2.24, 2.45) is 0 Å². The smallest absolute Gasteiger partial charge is 0.271 e. The van der Waals surface area contributed by atoms with Gasteiger partial charge in [0, 0.05) is 16.8 Å². The molecule has 0 aliphatic heterocycles. The Labute approximate surface area is 153 Å². The lowest BCUT2D eigenvalue weighted by Crippen LogP contribution is -2.27. The van der Waals surface area contributed by atoms with Gasteiger partial charge in [0.05, 0.1) is 11.8 Å². The molecule has 0 saturated carbocycles. The van der Waals surface area contributed by atoms with Crippen molar-refractivity contribution in [1.29, 1.82) is 0 Å². The molecule has 7 heteroatoms. The van der Waals surface area contributed by atoms with Crippen LogP contribution in [0.1, 0.15) is 11.3 Å². The Hall–Kier alpha value is -3.06. The average molecular weight is 364 g/mol. The number of anilines is 1. The zero-order valence-electron chi connectivity index (χ0n) is 14.3. The van der Waals surface area contributed by atoms with Crippen LogP contribution in [0, 0.1) is 13.8 Å². The standard InChI is InChI=1S/C19H16N4O2S/c1-11-8-12(2)21-18-15(11)16-17(26-18)19(25)23(10-20-16)9-14(24)22-13-6-4-3-5-7-13/h3-8,10H,9H2,1-2H3,(H,22,24). The number of pyridine rings is 1. The summed E-state index contributed by atoms with van der Waals surface area (Å²) in [6.45, 7) is 3.83. The predicted octanol–water partition coefficient (Wildman–Crippen LogP) is 3.26. The quantitative estimate of drug-likeness (QED) is 0.605. The number of hydrogen-bond acceptors (Lipinski definition) is 5. The van der Waals surface area contributed by atoms with Gasteiger partial charge in [-0.1, -0.05) is 18.2 Å². The summed E-state index contributed by atoms with van der Waals surface area (Å²) < 4.78 is 1.86. The number of nitrogens with one attached hydrogen (secondary N) is 1. The summed E-state index contributed by atoms with van der Waals surface area (Å²) in [5.41, 5.74) is 3.07. The fourth-order valence-electron chi connectivity index (χ4n) is 2.99. The van der Waals surface area contributed by atoms with E-state index in [0.29, 0.717) is 15.9 Å². The van der Waals surface area contributed by atoms with Crippen LogP contribution in [0.15, 0.2) is 47.5 Å². The summed E-state index contributed by atoms with van der Waals surface area (Å²) in [7, 11) is 0. The topological polar surface area (TPSA) is 76.9 Å². The van der Waals surface area contributed by atoms with Crippen molar-refractivity contribution in [1.82, 2.24) is 14.5 Å². The molecule has 1 amide bonds. The number of hydrogen-bond donors (Lipinski definition) is 1. The molecule has 1 aromatic carbocycles. The molecule has 0 saturated heterocycles. The molecule has 0 atom stereocenters. The van der Waals surface area contributed by atoms with E-state index in [4.69, 9.17) is 0 Å². The second-order valence-corrected chi connectivity index (χ2v) is 7.13. The number of aromatic nitrogens is 3. The summed E-state index contributed by atoms with van der Waals surface area (Å²) >= 11 is 1.32. The highest BCUT2D eigenvalue weighted by Crippen LogP contribution is 2.31. The second-order valence-electron chi connectivity index (χ2n) is 6.13. The molecule has 6 nitrogen and oxygen atoms in total. The summed E-state index contributed by atoms with van der Waals surface area (Å²) in [4.78, 5) is 34.8. The molecule has 0 radical (unpaired) electrons.